The standard InChI is InChI=1S/C21H24O4/c1-13(20(24)25)11-19-18-8-7-17(23)12-14(18)9-10-21(19,2)15-3-5-16(22)6-4-15/h3-8,12-13,19,22-23H,9-11H2,1-2H3,(H,24,25). The average Bonchev–Trinajstić information content (AvgIpc) is 2.57. The Hall–Kier alpha value is -2.49. The fourth-order valence-electron chi connectivity index (χ4n) is 4.09. The molecule has 0 fully saturated rings. The van der Waals surface area contributed by atoms with Crippen LogP contribution >= 0.6 is 0 Å². The van der Waals surface area contributed by atoms with Crippen molar-refractivity contribution in [2.24, 2.45) is 5.92 Å². The SMILES string of the molecule is CC(CC1c2ccc(O)cc2CCC1(C)c1ccc(O)cc1)C(=O)O. The van der Waals surface area contributed by atoms with Crippen molar-refractivity contribution in [1.82, 2.24) is 0 Å². The van der Waals surface area contributed by atoms with Crippen LogP contribution in [-0.4, -0.2) is 21.3 Å². The van der Waals surface area contributed by atoms with Gasteiger partial charge in [0.05, 0.1) is 5.92 Å². The van der Waals surface area contributed by atoms with Crippen LogP contribution in [0.3, 0.4) is 0 Å². The predicted octanol–water partition coefficient (Wildman–Crippen LogP) is 4.20. The molecule has 3 atom stereocenters. The van der Waals surface area contributed by atoms with Gasteiger partial charge in [-0.15, -0.1) is 0 Å². The van der Waals surface area contributed by atoms with Gasteiger partial charge in [0, 0.05) is 0 Å². The van der Waals surface area contributed by atoms with Gasteiger partial charge in [0.25, 0.3) is 0 Å². The quantitative estimate of drug-likeness (QED) is 0.779. The summed E-state index contributed by atoms with van der Waals surface area (Å²) in [5, 5.41) is 28.8. The minimum absolute atomic E-state index is 0.0347. The van der Waals surface area contributed by atoms with Crippen LogP contribution in [0.4, 0.5) is 0 Å². The molecule has 0 heterocycles. The van der Waals surface area contributed by atoms with E-state index in [1.807, 2.05) is 18.2 Å². The number of phenolic OH excluding ortho intramolecular Hbond substituents is 2. The molecular formula is C21H24O4. The number of hydrogen-bond donors (Lipinski definition) is 3. The van der Waals surface area contributed by atoms with Crippen LogP contribution in [0.15, 0.2) is 42.5 Å². The first-order valence-electron chi connectivity index (χ1n) is 8.65. The number of carboxylic acids is 1. The number of carboxylic acid groups (broad SMARTS) is 1. The van der Waals surface area contributed by atoms with Gasteiger partial charge in [-0.3, -0.25) is 4.79 Å². The van der Waals surface area contributed by atoms with Crippen molar-refractivity contribution >= 4 is 5.97 Å². The maximum atomic E-state index is 11.5. The molecule has 0 saturated carbocycles. The minimum atomic E-state index is -0.793. The van der Waals surface area contributed by atoms with E-state index in [2.05, 4.69) is 6.92 Å². The van der Waals surface area contributed by atoms with E-state index in [-0.39, 0.29) is 22.8 Å². The van der Waals surface area contributed by atoms with E-state index in [4.69, 9.17) is 0 Å². The molecule has 132 valence electrons. The lowest BCUT2D eigenvalue weighted by molar-refractivity contribution is -0.141. The van der Waals surface area contributed by atoms with E-state index in [0.29, 0.717) is 6.42 Å². The van der Waals surface area contributed by atoms with Crippen molar-refractivity contribution < 1.29 is 20.1 Å². The van der Waals surface area contributed by atoms with Crippen LogP contribution in [0.2, 0.25) is 0 Å². The third-order valence-electron chi connectivity index (χ3n) is 5.72. The Bertz CT molecular complexity index is 781. The molecule has 3 unspecified atom stereocenters. The van der Waals surface area contributed by atoms with E-state index < -0.39 is 11.9 Å². The molecule has 4 nitrogen and oxygen atoms in total. The summed E-state index contributed by atoms with van der Waals surface area (Å²) >= 11 is 0. The summed E-state index contributed by atoms with van der Waals surface area (Å²) in [5.74, 6) is -0.742. The van der Waals surface area contributed by atoms with Crippen molar-refractivity contribution in [1.29, 1.82) is 0 Å². The van der Waals surface area contributed by atoms with Crippen molar-refractivity contribution in [2.45, 2.75) is 44.4 Å². The number of aryl methyl sites for hydroxylation is 1. The first-order valence-corrected chi connectivity index (χ1v) is 8.65. The molecule has 0 aliphatic heterocycles. The zero-order chi connectivity index (χ0) is 18.2. The largest absolute Gasteiger partial charge is 0.508 e. The van der Waals surface area contributed by atoms with Crippen LogP contribution in [0.25, 0.3) is 0 Å². The van der Waals surface area contributed by atoms with Gasteiger partial charge in [0.1, 0.15) is 11.5 Å². The number of aliphatic carboxylic acids is 1. The van der Waals surface area contributed by atoms with Crippen LogP contribution in [-0.2, 0) is 16.6 Å². The number of phenols is 2. The highest BCUT2D eigenvalue weighted by Crippen LogP contribution is 2.50. The lowest BCUT2D eigenvalue weighted by Crippen LogP contribution is -2.37. The molecule has 0 saturated heterocycles. The minimum Gasteiger partial charge on any atom is -0.508 e. The summed E-state index contributed by atoms with van der Waals surface area (Å²) in [6.07, 6.45) is 2.23. The lowest BCUT2D eigenvalue weighted by Gasteiger charge is -2.44. The zero-order valence-electron chi connectivity index (χ0n) is 14.6. The normalized spacial score (nSPS) is 23.7. The second-order valence-corrected chi connectivity index (χ2v) is 7.38. The third-order valence-corrected chi connectivity index (χ3v) is 5.72. The maximum Gasteiger partial charge on any atom is 0.306 e. The van der Waals surface area contributed by atoms with E-state index >= 15 is 0 Å². The van der Waals surface area contributed by atoms with Crippen LogP contribution in [0.5, 0.6) is 11.5 Å². The Morgan fingerprint density at radius 3 is 2.44 bits per heavy atom. The van der Waals surface area contributed by atoms with Crippen LogP contribution in [0.1, 0.15) is 49.3 Å². The van der Waals surface area contributed by atoms with Gasteiger partial charge < -0.3 is 15.3 Å². The molecule has 3 rings (SSSR count). The van der Waals surface area contributed by atoms with E-state index in [1.165, 1.54) is 0 Å². The van der Waals surface area contributed by atoms with Gasteiger partial charge in [-0.2, -0.15) is 0 Å². The first kappa shape index (κ1) is 17.3. The number of carbonyl (C=O) groups is 1. The third kappa shape index (κ3) is 3.21. The Kier molecular flexibility index (Phi) is 4.46. The molecule has 0 spiro atoms. The van der Waals surface area contributed by atoms with Gasteiger partial charge in [-0.1, -0.05) is 32.0 Å². The second-order valence-electron chi connectivity index (χ2n) is 7.38. The zero-order valence-corrected chi connectivity index (χ0v) is 14.6. The number of benzene rings is 2. The van der Waals surface area contributed by atoms with E-state index in [1.54, 1.807) is 31.2 Å². The molecule has 3 N–H and O–H groups in total. The molecule has 0 aromatic heterocycles. The molecule has 4 heteroatoms. The first-order chi connectivity index (χ1) is 11.8. The highest BCUT2D eigenvalue weighted by atomic mass is 16.4. The fourth-order valence-corrected chi connectivity index (χ4v) is 4.09. The summed E-state index contributed by atoms with van der Waals surface area (Å²) in [5.41, 5.74) is 3.10. The molecule has 2 aromatic rings. The van der Waals surface area contributed by atoms with Crippen LogP contribution < -0.4 is 0 Å². The van der Waals surface area contributed by atoms with E-state index in [9.17, 15) is 20.1 Å². The fraction of sp³-hybridized carbons (Fsp3) is 0.381. The Balaban J connectivity index is 2.08. The second kappa shape index (κ2) is 6.43. The summed E-state index contributed by atoms with van der Waals surface area (Å²) in [6, 6.07) is 12.6. The van der Waals surface area contributed by atoms with Crippen molar-refractivity contribution in [3.63, 3.8) is 0 Å². The molecular weight excluding hydrogens is 316 g/mol. The molecule has 0 bridgehead atoms. The van der Waals surface area contributed by atoms with Gasteiger partial charge in [0.2, 0.25) is 0 Å². The number of fused-ring (bicyclic) bond motifs is 1. The molecule has 2 aromatic carbocycles. The monoisotopic (exact) mass is 340 g/mol. The Labute approximate surface area is 147 Å². The Morgan fingerprint density at radius 1 is 1.16 bits per heavy atom. The van der Waals surface area contributed by atoms with Gasteiger partial charge in [-0.25, -0.2) is 0 Å². The summed E-state index contributed by atoms with van der Waals surface area (Å²) in [6.45, 7) is 3.92. The summed E-state index contributed by atoms with van der Waals surface area (Å²) in [4.78, 5) is 11.5. The molecule has 1 aliphatic carbocycles. The topological polar surface area (TPSA) is 77.8 Å². The molecule has 1 aliphatic rings. The van der Waals surface area contributed by atoms with Gasteiger partial charge in [0.15, 0.2) is 0 Å². The van der Waals surface area contributed by atoms with E-state index in [0.717, 1.165) is 29.5 Å². The highest BCUT2D eigenvalue weighted by Gasteiger charge is 2.42. The highest BCUT2D eigenvalue weighted by molar-refractivity contribution is 5.69. The summed E-state index contributed by atoms with van der Waals surface area (Å²) < 4.78 is 0. The number of rotatable bonds is 4. The summed E-state index contributed by atoms with van der Waals surface area (Å²) in [7, 11) is 0. The number of hydrogen-bond acceptors (Lipinski definition) is 3. The molecule has 0 radical (unpaired) electrons. The Morgan fingerprint density at radius 2 is 1.80 bits per heavy atom. The molecule has 25 heavy (non-hydrogen) atoms. The maximum absolute atomic E-state index is 11.5. The van der Waals surface area contributed by atoms with Gasteiger partial charge >= 0.3 is 5.97 Å². The number of aromatic hydroxyl groups is 2. The average molecular weight is 340 g/mol. The van der Waals surface area contributed by atoms with Gasteiger partial charge in [-0.05, 0) is 71.6 Å². The van der Waals surface area contributed by atoms with Crippen molar-refractivity contribution in [3.05, 3.63) is 59.2 Å². The molecule has 0 amide bonds. The predicted molar refractivity (Wildman–Crippen MR) is 96.0 cm³/mol. The van der Waals surface area contributed by atoms with Crippen molar-refractivity contribution in [2.75, 3.05) is 0 Å². The smallest absolute Gasteiger partial charge is 0.306 e. The van der Waals surface area contributed by atoms with Crippen LogP contribution in [0, 0.1) is 5.92 Å². The van der Waals surface area contributed by atoms with Crippen molar-refractivity contribution in [3.8, 4) is 11.5 Å². The lowest BCUT2D eigenvalue weighted by atomic mass is 9.59.